The zero-order valence-electron chi connectivity index (χ0n) is 16.0. The lowest BCUT2D eigenvalue weighted by Crippen LogP contribution is -2.42. The number of carbonyl (C=O) groups is 1. The van der Waals surface area contributed by atoms with E-state index in [1.165, 1.54) is 6.26 Å². The molecule has 1 fully saturated rings. The van der Waals surface area contributed by atoms with E-state index in [4.69, 9.17) is 9.15 Å². The molecule has 0 bridgehead atoms. The molecule has 3 aromatic heterocycles. The predicted molar refractivity (Wildman–Crippen MR) is 106 cm³/mol. The Morgan fingerprint density at radius 1 is 1.10 bits per heavy atom. The molecular weight excluding hydrogens is 368 g/mol. The van der Waals surface area contributed by atoms with E-state index in [1.54, 1.807) is 22.4 Å². The Morgan fingerprint density at radius 2 is 1.97 bits per heavy atom. The van der Waals surface area contributed by atoms with E-state index >= 15 is 0 Å². The van der Waals surface area contributed by atoms with Crippen molar-refractivity contribution >= 4 is 11.4 Å². The average molecular weight is 388 g/mol. The second-order valence-electron chi connectivity index (χ2n) is 7.09. The van der Waals surface area contributed by atoms with E-state index in [1.807, 2.05) is 30.5 Å². The number of fused-ring (bicyclic) bond motifs is 1. The van der Waals surface area contributed by atoms with Crippen LogP contribution in [0.15, 0.2) is 65.4 Å². The molecule has 1 atom stereocenters. The molecule has 1 aromatic carbocycles. The van der Waals surface area contributed by atoms with Crippen molar-refractivity contribution in [2.45, 2.75) is 13.0 Å². The second kappa shape index (κ2) is 7.18. The standard InChI is InChI=1S/C22H20N4O3/c1-15-18(9-11-28-15)22(27)25-10-12-29-20(14-25)21-19-8-7-17(13-26(19)24-23-21)16-5-3-2-4-6-16/h2-9,11,13,20H,10,12,14H2,1H3. The molecule has 146 valence electrons. The number of hydrogen-bond donors (Lipinski definition) is 0. The van der Waals surface area contributed by atoms with Gasteiger partial charge in [-0.2, -0.15) is 0 Å². The van der Waals surface area contributed by atoms with Crippen LogP contribution in [0.25, 0.3) is 16.6 Å². The van der Waals surface area contributed by atoms with Crippen LogP contribution in [0.3, 0.4) is 0 Å². The van der Waals surface area contributed by atoms with Gasteiger partial charge >= 0.3 is 0 Å². The fourth-order valence-electron chi connectivity index (χ4n) is 3.72. The highest BCUT2D eigenvalue weighted by Gasteiger charge is 2.30. The second-order valence-corrected chi connectivity index (χ2v) is 7.09. The lowest BCUT2D eigenvalue weighted by molar-refractivity contribution is -0.0241. The molecule has 1 aliphatic heterocycles. The minimum atomic E-state index is -0.319. The number of rotatable bonds is 3. The Balaban J connectivity index is 1.42. The van der Waals surface area contributed by atoms with Crippen molar-refractivity contribution < 1.29 is 13.9 Å². The van der Waals surface area contributed by atoms with Crippen LogP contribution in [0, 0.1) is 6.92 Å². The number of aryl methyl sites for hydroxylation is 1. The van der Waals surface area contributed by atoms with Gasteiger partial charge in [0.15, 0.2) is 0 Å². The molecule has 0 radical (unpaired) electrons. The number of aromatic nitrogens is 3. The van der Waals surface area contributed by atoms with Gasteiger partial charge in [-0.15, -0.1) is 5.10 Å². The summed E-state index contributed by atoms with van der Waals surface area (Å²) in [7, 11) is 0. The van der Waals surface area contributed by atoms with Crippen LogP contribution in [-0.2, 0) is 4.74 Å². The van der Waals surface area contributed by atoms with Gasteiger partial charge in [-0.05, 0) is 24.6 Å². The van der Waals surface area contributed by atoms with Gasteiger partial charge in [0.2, 0.25) is 0 Å². The molecule has 5 rings (SSSR count). The summed E-state index contributed by atoms with van der Waals surface area (Å²) >= 11 is 0. The summed E-state index contributed by atoms with van der Waals surface area (Å²) in [6, 6.07) is 15.9. The van der Waals surface area contributed by atoms with Crippen LogP contribution in [0.2, 0.25) is 0 Å². The quantitative estimate of drug-likeness (QED) is 0.537. The first-order valence-electron chi connectivity index (χ1n) is 9.56. The molecule has 1 aliphatic rings. The number of pyridine rings is 1. The summed E-state index contributed by atoms with van der Waals surface area (Å²) in [5.74, 6) is 0.577. The smallest absolute Gasteiger partial charge is 0.257 e. The zero-order chi connectivity index (χ0) is 19.8. The van der Waals surface area contributed by atoms with Crippen LogP contribution < -0.4 is 0 Å². The highest BCUT2D eigenvalue weighted by molar-refractivity contribution is 5.95. The zero-order valence-corrected chi connectivity index (χ0v) is 16.0. The highest BCUT2D eigenvalue weighted by atomic mass is 16.5. The molecule has 4 heterocycles. The van der Waals surface area contributed by atoms with Crippen LogP contribution in [0.4, 0.5) is 0 Å². The molecule has 7 nitrogen and oxygen atoms in total. The van der Waals surface area contributed by atoms with Gasteiger partial charge in [-0.3, -0.25) is 4.79 Å². The van der Waals surface area contributed by atoms with Gasteiger partial charge in [0.25, 0.3) is 5.91 Å². The van der Waals surface area contributed by atoms with Gasteiger partial charge in [0, 0.05) is 18.3 Å². The Morgan fingerprint density at radius 3 is 2.76 bits per heavy atom. The molecular formula is C22H20N4O3. The fourth-order valence-corrected chi connectivity index (χ4v) is 3.72. The third kappa shape index (κ3) is 3.19. The van der Waals surface area contributed by atoms with E-state index in [9.17, 15) is 4.79 Å². The van der Waals surface area contributed by atoms with Gasteiger partial charge in [0.05, 0.1) is 30.5 Å². The molecule has 1 unspecified atom stereocenters. The largest absolute Gasteiger partial charge is 0.469 e. The number of furan rings is 1. The number of morpholine rings is 1. The Labute approximate surface area is 167 Å². The maximum Gasteiger partial charge on any atom is 0.257 e. The molecule has 0 saturated carbocycles. The third-order valence-electron chi connectivity index (χ3n) is 5.30. The maximum absolute atomic E-state index is 12.8. The summed E-state index contributed by atoms with van der Waals surface area (Å²) in [4.78, 5) is 14.6. The summed E-state index contributed by atoms with van der Waals surface area (Å²) in [5, 5.41) is 8.64. The minimum Gasteiger partial charge on any atom is -0.469 e. The highest BCUT2D eigenvalue weighted by Crippen LogP contribution is 2.27. The SMILES string of the molecule is Cc1occc1C(=O)N1CCOC(c2nnn3cc(-c4ccccc4)ccc23)C1. The minimum absolute atomic E-state index is 0.0487. The molecule has 7 heteroatoms. The lowest BCUT2D eigenvalue weighted by atomic mass is 10.1. The van der Waals surface area contributed by atoms with Crippen LogP contribution >= 0.6 is 0 Å². The fraction of sp³-hybridized carbons (Fsp3) is 0.227. The number of benzene rings is 1. The van der Waals surface area contributed by atoms with Crippen molar-refractivity contribution in [3.63, 3.8) is 0 Å². The first-order valence-corrected chi connectivity index (χ1v) is 9.56. The van der Waals surface area contributed by atoms with Crippen molar-refractivity contribution in [2.24, 2.45) is 0 Å². The Hall–Kier alpha value is -3.45. The van der Waals surface area contributed by atoms with Crippen LogP contribution in [0.5, 0.6) is 0 Å². The normalized spacial score (nSPS) is 17.0. The Kier molecular flexibility index (Phi) is 4.37. The molecule has 0 N–H and O–H groups in total. The van der Waals surface area contributed by atoms with E-state index in [0.29, 0.717) is 31.0 Å². The van der Waals surface area contributed by atoms with Crippen LogP contribution in [-0.4, -0.2) is 45.3 Å². The number of hydrogen-bond acceptors (Lipinski definition) is 5. The summed E-state index contributed by atoms with van der Waals surface area (Å²) in [5.41, 5.74) is 4.39. The molecule has 4 aromatic rings. The number of ether oxygens (including phenoxy) is 1. The van der Waals surface area contributed by atoms with Crippen LogP contribution in [0.1, 0.15) is 27.9 Å². The van der Waals surface area contributed by atoms with Crippen molar-refractivity contribution in [3.8, 4) is 11.1 Å². The average Bonchev–Trinajstić information content (AvgIpc) is 3.39. The van der Waals surface area contributed by atoms with Gasteiger partial charge in [-0.1, -0.05) is 41.6 Å². The topological polar surface area (TPSA) is 72.9 Å². The van der Waals surface area contributed by atoms with Gasteiger partial charge in [0.1, 0.15) is 17.6 Å². The maximum atomic E-state index is 12.8. The molecule has 29 heavy (non-hydrogen) atoms. The van der Waals surface area contributed by atoms with Gasteiger partial charge in [-0.25, -0.2) is 4.52 Å². The summed E-state index contributed by atoms with van der Waals surface area (Å²) < 4.78 is 13.0. The predicted octanol–water partition coefficient (Wildman–Crippen LogP) is 3.51. The number of amides is 1. The lowest BCUT2D eigenvalue weighted by Gasteiger charge is -2.32. The van der Waals surface area contributed by atoms with E-state index < -0.39 is 0 Å². The van der Waals surface area contributed by atoms with E-state index in [2.05, 4.69) is 28.5 Å². The molecule has 1 saturated heterocycles. The first-order chi connectivity index (χ1) is 14.2. The summed E-state index contributed by atoms with van der Waals surface area (Å²) in [6.07, 6.45) is 3.18. The van der Waals surface area contributed by atoms with Gasteiger partial charge < -0.3 is 14.1 Å². The van der Waals surface area contributed by atoms with Crippen molar-refractivity contribution in [1.82, 2.24) is 19.7 Å². The monoisotopic (exact) mass is 388 g/mol. The molecule has 0 spiro atoms. The van der Waals surface area contributed by atoms with Crippen molar-refractivity contribution in [1.29, 1.82) is 0 Å². The third-order valence-corrected chi connectivity index (χ3v) is 5.30. The van der Waals surface area contributed by atoms with E-state index in [0.717, 1.165) is 22.3 Å². The van der Waals surface area contributed by atoms with Crippen molar-refractivity contribution in [2.75, 3.05) is 19.7 Å². The molecule has 1 amide bonds. The number of carbonyl (C=O) groups excluding carboxylic acids is 1. The first kappa shape index (κ1) is 17.6. The molecule has 0 aliphatic carbocycles. The Bertz CT molecular complexity index is 1170. The summed E-state index contributed by atoms with van der Waals surface area (Å²) in [6.45, 7) is 3.21. The number of nitrogens with zero attached hydrogens (tertiary/aromatic N) is 4. The van der Waals surface area contributed by atoms with E-state index in [-0.39, 0.29) is 12.0 Å². The van der Waals surface area contributed by atoms with Crippen molar-refractivity contribution in [3.05, 3.63) is 78.0 Å².